The van der Waals surface area contributed by atoms with Crippen LogP contribution in [0.2, 0.25) is 0 Å². The smallest absolute Gasteiger partial charge is 0.213 e. The van der Waals surface area contributed by atoms with E-state index in [-0.39, 0.29) is 18.1 Å². The summed E-state index contributed by atoms with van der Waals surface area (Å²) in [5.41, 5.74) is 3.07. The van der Waals surface area contributed by atoms with E-state index in [4.69, 9.17) is 9.84 Å². The summed E-state index contributed by atoms with van der Waals surface area (Å²) in [5.74, 6) is 0.598. The van der Waals surface area contributed by atoms with Crippen LogP contribution < -0.4 is 4.74 Å². The largest absolute Gasteiger partial charge is 0.464 e. The summed E-state index contributed by atoms with van der Waals surface area (Å²) < 4.78 is 20.7. The van der Waals surface area contributed by atoms with Crippen molar-refractivity contribution >= 4 is 33.0 Å². The van der Waals surface area contributed by atoms with Crippen molar-refractivity contribution in [3.8, 4) is 5.75 Å². The summed E-state index contributed by atoms with van der Waals surface area (Å²) in [6.45, 7) is 0. The minimum absolute atomic E-state index is 0.100. The molecule has 3 heterocycles. The summed E-state index contributed by atoms with van der Waals surface area (Å²) in [7, 11) is 0. The third-order valence-electron chi connectivity index (χ3n) is 4.71. The molecule has 2 aromatic carbocycles. The van der Waals surface area contributed by atoms with Crippen LogP contribution in [0.3, 0.4) is 0 Å². The molecule has 0 aliphatic carbocycles. The van der Waals surface area contributed by atoms with Crippen molar-refractivity contribution in [2.24, 2.45) is 5.10 Å². The normalized spacial score (nSPS) is 21.0. The van der Waals surface area contributed by atoms with Gasteiger partial charge in [-0.1, -0.05) is 34.1 Å². The van der Waals surface area contributed by atoms with Crippen LogP contribution in [0.5, 0.6) is 5.75 Å². The predicted molar refractivity (Wildman–Crippen MR) is 104 cm³/mol. The molecule has 0 unspecified atom stereocenters. The van der Waals surface area contributed by atoms with E-state index in [0.29, 0.717) is 0 Å². The zero-order valence-electron chi connectivity index (χ0n) is 13.6. The van der Waals surface area contributed by atoms with Crippen LogP contribution in [0, 0.1) is 5.82 Å². The highest BCUT2D eigenvalue weighted by atomic mass is 79.9. The third-order valence-corrected chi connectivity index (χ3v) is 6.12. The molecule has 0 spiro atoms. The van der Waals surface area contributed by atoms with Crippen LogP contribution in [0.25, 0.3) is 0 Å². The van der Waals surface area contributed by atoms with E-state index in [0.717, 1.165) is 33.5 Å². The van der Waals surface area contributed by atoms with Gasteiger partial charge in [0.05, 0.1) is 16.6 Å². The molecule has 0 fully saturated rings. The molecule has 5 rings (SSSR count). The summed E-state index contributed by atoms with van der Waals surface area (Å²) in [4.78, 5) is 1.17. The minimum atomic E-state index is -0.369. The molecule has 0 amide bonds. The number of ether oxygens (including phenoxy) is 1. The second kappa shape index (κ2) is 6.21. The van der Waals surface area contributed by atoms with Gasteiger partial charge in [-0.05, 0) is 41.8 Å². The maximum atomic E-state index is 13.4. The second-order valence-electron chi connectivity index (χ2n) is 6.33. The van der Waals surface area contributed by atoms with Crippen molar-refractivity contribution in [2.45, 2.75) is 18.7 Å². The molecule has 3 nitrogen and oxygen atoms in total. The van der Waals surface area contributed by atoms with E-state index in [1.807, 2.05) is 23.2 Å². The number of halogens is 2. The Bertz CT molecular complexity index is 988. The Morgan fingerprint density at radius 2 is 2.00 bits per heavy atom. The zero-order chi connectivity index (χ0) is 17.7. The molecule has 1 aromatic heterocycles. The molecular weight excluding hydrogens is 415 g/mol. The topological polar surface area (TPSA) is 24.8 Å². The molecule has 2 aliphatic rings. The van der Waals surface area contributed by atoms with Gasteiger partial charge in [-0.15, -0.1) is 11.3 Å². The molecule has 0 saturated carbocycles. The molecule has 130 valence electrons. The number of hydrogen-bond acceptors (Lipinski definition) is 4. The third kappa shape index (κ3) is 2.64. The van der Waals surface area contributed by atoms with Gasteiger partial charge in [-0.25, -0.2) is 9.40 Å². The van der Waals surface area contributed by atoms with Gasteiger partial charge in [0.15, 0.2) is 0 Å². The lowest BCUT2D eigenvalue weighted by molar-refractivity contribution is -0.0191. The van der Waals surface area contributed by atoms with E-state index in [9.17, 15) is 4.39 Å². The first-order valence-corrected chi connectivity index (χ1v) is 9.97. The SMILES string of the molecule is Fc1ccc([C@@H]2Oc3ccc(Br)cc3[C@H]3CC(c4cccs4)=NN32)cc1. The maximum absolute atomic E-state index is 13.4. The Balaban J connectivity index is 1.61. The number of nitrogens with zero attached hydrogens (tertiary/aromatic N) is 2. The fourth-order valence-electron chi connectivity index (χ4n) is 3.50. The highest BCUT2D eigenvalue weighted by molar-refractivity contribution is 9.10. The highest BCUT2D eigenvalue weighted by Crippen LogP contribution is 2.48. The number of rotatable bonds is 2. The Labute approximate surface area is 162 Å². The van der Waals surface area contributed by atoms with Crippen molar-refractivity contribution in [1.82, 2.24) is 5.01 Å². The first-order valence-electron chi connectivity index (χ1n) is 8.30. The van der Waals surface area contributed by atoms with Crippen LogP contribution in [0.1, 0.15) is 34.7 Å². The minimum Gasteiger partial charge on any atom is -0.464 e. The summed E-state index contributed by atoms with van der Waals surface area (Å²) >= 11 is 5.25. The lowest BCUT2D eigenvalue weighted by atomic mass is 9.98. The van der Waals surface area contributed by atoms with Gasteiger partial charge in [-0.2, -0.15) is 5.10 Å². The number of hydrogen-bond donors (Lipinski definition) is 0. The molecule has 6 heteroatoms. The summed E-state index contributed by atoms with van der Waals surface area (Å²) in [6, 6.07) is 16.7. The molecule has 0 bridgehead atoms. The van der Waals surface area contributed by atoms with E-state index in [2.05, 4.69) is 33.4 Å². The van der Waals surface area contributed by atoms with Crippen molar-refractivity contribution in [3.63, 3.8) is 0 Å². The molecule has 0 radical (unpaired) electrons. The zero-order valence-corrected chi connectivity index (χ0v) is 16.0. The molecule has 0 N–H and O–H groups in total. The first kappa shape index (κ1) is 16.0. The van der Waals surface area contributed by atoms with Gasteiger partial charge in [0.1, 0.15) is 11.6 Å². The van der Waals surface area contributed by atoms with Gasteiger partial charge in [0.25, 0.3) is 0 Å². The molecule has 2 atom stereocenters. The van der Waals surface area contributed by atoms with E-state index in [1.54, 1.807) is 23.5 Å². The Hall–Kier alpha value is -2.18. The van der Waals surface area contributed by atoms with E-state index in [1.165, 1.54) is 17.0 Å². The average Bonchev–Trinajstić information content (AvgIpc) is 3.32. The molecule has 2 aliphatic heterocycles. The number of fused-ring (bicyclic) bond motifs is 3. The van der Waals surface area contributed by atoms with Crippen molar-refractivity contribution in [2.75, 3.05) is 0 Å². The standard InChI is InChI=1S/C20H14BrFN2OS/c21-13-5-8-18-15(10-13)17-11-16(19-2-1-9-26-19)23-24(17)20(25-18)12-3-6-14(22)7-4-12/h1-10,17,20H,11H2/t17-,20+/m1/s1. The van der Waals surface area contributed by atoms with Crippen molar-refractivity contribution in [3.05, 3.63) is 86.3 Å². The van der Waals surface area contributed by atoms with E-state index >= 15 is 0 Å². The van der Waals surface area contributed by atoms with Crippen LogP contribution in [0.4, 0.5) is 4.39 Å². The van der Waals surface area contributed by atoms with Gasteiger partial charge >= 0.3 is 0 Å². The monoisotopic (exact) mass is 428 g/mol. The van der Waals surface area contributed by atoms with Crippen molar-refractivity contribution < 1.29 is 9.13 Å². The second-order valence-corrected chi connectivity index (χ2v) is 8.19. The molecular formula is C20H14BrFN2OS. The maximum Gasteiger partial charge on any atom is 0.213 e. The predicted octanol–water partition coefficient (Wildman–Crippen LogP) is 5.89. The lowest BCUT2D eigenvalue weighted by Gasteiger charge is -2.38. The average molecular weight is 429 g/mol. The molecule has 26 heavy (non-hydrogen) atoms. The quantitative estimate of drug-likeness (QED) is 0.507. The number of hydrazone groups is 1. The Morgan fingerprint density at radius 3 is 2.77 bits per heavy atom. The van der Waals surface area contributed by atoms with Gasteiger partial charge in [-0.3, -0.25) is 0 Å². The fourth-order valence-corrected chi connectivity index (χ4v) is 4.60. The summed E-state index contributed by atoms with van der Waals surface area (Å²) in [6.07, 6.45) is 0.456. The Morgan fingerprint density at radius 1 is 1.15 bits per heavy atom. The van der Waals surface area contributed by atoms with Crippen LogP contribution in [0.15, 0.2) is 69.6 Å². The van der Waals surface area contributed by atoms with Crippen molar-refractivity contribution in [1.29, 1.82) is 0 Å². The van der Waals surface area contributed by atoms with Gasteiger partial charge in [0, 0.05) is 22.0 Å². The number of thiophene rings is 1. The number of benzene rings is 2. The van der Waals surface area contributed by atoms with Gasteiger partial charge in [0.2, 0.25) is 6.23 Å². The lowest BCUT2D eigenvalue weighted by Crippen LogP contribution is -2.33. The Kier molecular flexibility index (Phi) is 3.83. The van der Waals surface area contributed by atoms with E-state index < -0.39 is 0 Å². The van der Waals surface area contributed by atoms with Crippen LogP contribution in [-0.2, 0) is 0 Å². The molecule has 3 aromatic rings. The summed E-state index contributed by atoms with van der Waals surface area (Å²) in [5, 5.41) is 8.96. The van der Waals surface area contributed by atoms with Gasteiger partial charge < -0.3 is 4.74 Å². The highest BCUT2D eigenvalue weighted by Gasteiger charge is 2.41. The molecule has 0 saturated heterocycles. The van der Waals surface area contributed by atoms with Crippen LogP contribution >= 0.6 is 27.3 Å². The fraction of sp³-hybridized carbons (Fsp3) is 0.150. The first-order chi connectivity index (χ1) is 12.7. The van der Waals surface area contributed by atoms with Crippen LogP contribution in [-0.4, -0.2) is 10.7 Å².